The summed E-state index contributed by atoms with van der Waals surface area (Å²) in [5.41, 5.74) is 2.05. The topological polar surface area (TPSA) is 76.1 Å². The molecule has 1 amide bonds. The lowest BCUT2D eigenvalue weighted by Gasteiger charge is -2.08. The Morgan fingerprint density at radius 3 is 2.57 bits per heavy atom. The first-order chi connectivity index (χ1) is 13.6. The smallest absolute Gasteiger partial charge is 0.276 e. The van der Waals surface area contributed by atoms with E-state index in [0.29, 0.717) is 24.7 Å². The number of carbonyl (C=O) groups excluding carboxylic acids is 1. The Balaban J connectivity index is 1.50. The zero-order valence-corrected chi connectivity index (χ0v) is 16.2. The van der Waals surface area contributed by atoms with Crippen molar-refractivity contribution in [2.24, 2.45) is 0 Å². The minimum absolute atomic E-state index is 0.245. The maximum atomic E-state index is 12.3. The summed E-state index contributed by atoms with van der Waals surface area (Å²) < 4.78 is 5.38. The van der Waals surface area contributed by atoms with Crippen LogP contribution in [0.25, 0.3) is 0 Å². The fourth-order valence-corrected chi connectivity index (χ4v) is 2.78. The van der Waals surface area contributed by atoms with Crippen molar-refractivity contribution < 1.29 is 9.53 Å². The average Bonchev–Trinajstić information content (AvgIpc) is 2.70. The lowest BCUT2D eigenvalue weighted by Crippen LogP contribution is -2.15. The van der Waals surface area contributed by atoms with Crippen LogP contribution in [0.15, 0.2) is 60.7 Å². The molecule has 28 heavy (non-hydrogen) atoms. The van der Waals surface area contributed by atoms with Crippen LogP contribution >= 0.6 is 11.6 Å². The summed E-state index contributed by atoms with van der Waals surface area (Å²) in [6.45, 7) is 3.21. The van der Waals surface area contributed by atoms with Gasteiger partial charge in [0.15, 0.2) is 5.69 Å². The molecule has 0 aliphatic carbocycles. The molecule has 2 N–H and O–H groups in total. The van der Waals surface area contributed by atoms with Gasteiger partial charge in [-0.2, -0.15) is 0 Å². The van der Waals surface area contributed by atoms with Gasteiger partial charge in [0.1, 0.15) is 11.6 Å². The minimum Gasteiger partial charge on any atom is -0.494 e. The van der Waals surface area contributed by atoms with Gasteiger partial charge in [0.25, 0.3) is 5.91 Å². The molecule has 0 aliphatic heterocycles. The predicted octanol–water partition coefficient (Wildman–Crippen LogP) is 4.44. The van der Waals surface area contributed by atoms with Gasteiger partial charge >= 0.3 is 0 Å². The van der Waals surface area contributed by atoms with Crippen LogP contribution in [0.5, 0.6) is 5.75 Å². The van der Waals surface area contributed by atoms with Crippen molar-refractivity contribution in [3.05, 3.63) is 76.9 Å². The first kappa shape index (κ1) is 19.6. The molecule has 0 bridgehead atoms. The standard InChI is InChI=1S/C21H21ClN4O2/c1-2-28-18-8-6-17(7-9-18)24-21(27)19-10-11-20(26-25-19)23-13-12-15-4-3-5-16(22)14-15/h3-11,14H,2,12-13H2,1H3,(H,23,26)(H,24,27). The van der Waals surface area contributed by atoms with Gasteiger partial charge in [0.2, 0.25) is 0 Å². The average molecular weight is 397 g/mol. The number of aromatic nitrogens is 2. The fraction of sp³-hybridized carbons (Fsp3) is 0.190. The third kappa shape index (κ3) is 5.69. The lowest BCUT2D eigenvalue weighted by molar-refractivity contribution is 0.102. The number of hydrogen-bond donors (Lipinski definition) is 2. The van der Waals surface area contributed by atoms with Crippen molar-refractivity contribution >= 4 is 29.0 Å². The van der Waals surface area contributed by atoms with Crippen molar-refractivity contribution in [2.45, 2.75) is 13.3 Å². The van der Waals surface area contributed by atoms with Crippen LogP contribution in [0.3, 0.4) is 0 Å². The monoisotopic (exact) mass is 396 g/mol. The normalized spacial score (nSPS) is 10.4. The van der Waals surface area contributed by atoms with Crippen LogP contribution in [0.2, 0.25) is 5.02 Å². The molecule has 0 fully saturated rings. The number of benzene rings is 2. The number of anilines is 2. The summed E-state index contributed by atoms with van der Waals surface area (Å²) in [5.74, 6) is 1.05. The van der Waals surface area contributed by atoms with Crippen molar-refractivity contribution in [1.29, 1.82) is 0 Å². The molecule has 0 unspecified atom stereocenters. The van der Waals surface area contributed by atoms with E-state index in [1.807, 2.05) is 31.2 Å². The van der Waals surface area contributed by atoms with Crippen molar-refractivity contribution in [3.8, 4) is 5.75 Å². The highest BCUT2D eigenvalue weighted by Crippen LogP contribution is 2.16. The van der Waals surface area contributed by atoms with E-state index in [4.69, 9.17) is 16.3 Å². The summed E-state index contributed by atoms with van der Waals surface area (Å²) in [7, 11) is 0. The summed E-state index contributed by atoms with van der Waals surface area (Å²) in [6, 6.07) is 18.3. The predicted molar refractivity (Wildman–Crippen MR) is 111 cm³/mol. The van der Waals surface area contributed by atoms with E-state index in [1.54, 1.807) is 36.4 Å². The number of halogens is 1. The molecular weight excluding hydrogens is 376 g/mol. The molecule has 0 atom stereocenters. The summed E-state index contributed by atoms with van der Waals surface area (Å²) in [6.07, 6.45) is 0.808. The van der Waals surface area contributed by atoms with Gasteiger partial charge in [0.05, 0.1) is 6.61 Å². The molecule has 3 rings (SSSR count). The maximum absolute atomic E-state index is 12.3. The Bertz CT molecular complexity index is 914. The molecule has 2 aromatic carbocycles. The van der Waals surface area contributed by atoms with Gasteiger partial charge < -0.3 is 15.4 Å². The molecule has 1 aromatic heterocycles. The Hall–Kier alpha value is -3.12. The maximum Gasteiger partial charge on any atom is 0.276 e. The van der Waals surface area contributed by atoms with E-state index >= 15 is 0 Å². The molecule has 1 heterocycles. The number of amides is 1. The van der Waals surface area contributed by atoms with Crippen LogP contribution in [0.4, 0.5) is 11.5 Å². The minimum atomic E-state index is -0.317. The Labute approximate surface area is 168 Å². The number of nitrogens with zero attached hydrogens (tertiary/aromatic N) is 2. The molecular formula is C21H21ClN4O2. The second kappa shape index (κ2) is 9.71. The SMILES string of the molecule is CCOc1ccc(NC(=O)c2ccc(NCCc3cccc(Cl)c3)nn2)cc1. The molecule has 7 heteroatoms. The number of nitrogens with one attached hydrogen (secondary N) is 2. The Morgan fingerprint density at radius 1 is 1.07 bits per heavy atom. The molecule has 6 nitrogen and oxygen atoms in total. The summed E-state index contributed by atoms with van der Waals surface area (Å²) in [4.78, 5) is 12.3. The molecule has 0 saturated heterocycles. The zero-order chi connectivity index (χ0) is 19.8. The van der Waals surface area contributed by atoms with E-state index in [2.05, 4.69) is 20.8 Å². The van der Waals surface area contributed by atoms with Crippen molar-refractivity contribution in [3.63, 3.8) is 0 Å². The third-order valence-electron chi connectivity index (χ3n) is 3.93. The van der Waals surface area contributed by atoms with Crippen LogP contribution < -0.4 is 15.4 Å². The van der Waals surface area contributed by atoms with Crippen LogP contribution in [-0.2, 0) is 6.42 Å². The van der Waals surface area contributed by atoms with E-state index in [0.717, 1.165) is 22.8 Å². The molecule has 0 radical (unpaired) electrons. The van der Waals surface area contributed by atoms with E-state index in [1.165, 1.54) is 0 Å². The van der Waals surface area contributed by atoms with Gasteiger partial charge in [-0.15, -0.1) is 10.2 Å². The first-order valence-corrected chi connectivity index (χ1v) is 9.38. The van der Waals surface area contributed by atoms with E-state index in [-0.39, 0.29) is 11.6 Å². The molecule has 144 valence electrons. The van der Waals surface area contributed by atoms with Crippen LogP contribution in [-0.4, -0.2) is 29.3 Å². The van der Waals surface area contributed by atoms with Crippen LogP contribution in [0, 0.1) is 0 Å². The quantitative estimate of drug-likeness (QED) is 0.588. The molecule has 0 saturated carbocycles. The molecule has 3 aromatic rings. The number of rotatable bonds is 8. The number of carbonyl (C=O) groups is 1. The van der Waals surface area contributed by atoms with Gasteiger partial charge in [0, 0.05) is 17.3 Å². The van der Waals surface area contributed by atoms with Gasteiger partial charge in [-0.1, -0.05) is 23.7 Å². The number of hydrogen-bond acceptors (Lipinski definition) is 5. The van der Waals surface area contributed by atoms with Crippen molar-refractivity contribution in [2.75, 3.05) is 23.8 Å². The van der Waals surface area contributed by atoms with Crippen molar-refractivity contribution in [1.82, 2.24) is 10.2 Å². The molecule has 0 spiro atoms. The Kier molecular flexibility index (Phi) is 6.81. The van der Waals surface area contributed by atoms with Gasteiger partial charge in [-0.3, -0.25) is 4.79 Å². The van der Waals surface area contributed by atoms with E-state index in [9.17, 15) is 4.79 Å². The molecule has 0 aliphatic rings. The largest absolute Gasteiger partial charge is 0.494 e. The summed E-state index contributed by atoms with van der Waals surface area (Å²) >= 11 is 5.98. The highest BCUT2D eigenvalue weighted by molar-refractivity contribution is 6.30. The fourth-order valence-electron chi connectivity index (χ4n) is 2.57. The first-order valence-electron chi connectivity index (χ1n) is 9.00. The highest BCUT2D eigenvalue weighted by atomic mass is 35.5. The Morgan fingerprint density at radius 2 is 1.89 bits per heavy atom. The van der Waals surface area contributed by atoms with Crippen LogP contribution in [0.1, 0.15) is 23.0 Å². The lowest BCUT2D eigenvalue weighted by atomic mass is 10.1. The second-order valence-corrected chi connectivity index (χ2v) is 6.46. The second-order valence-electron chi connectivity index (χ2n) is 6.02. The summed E-state index contributed by atoms with van der Waals surface area (Å²) in [5, 5.41) is 14.7. The zero-order valence-electron chi connectivity index (χ0n) is 15.5. The highest BCUT2D eigenvalue weighted by Gasteiger charge is 2.09. The van der Waals surface area contributed by atoms with Gasteiger partial charge in [-0.25, -0.2) is 0 Å². The van der Waals surface area contributed by atoms with E-state index < -0.39 is 0 Å². The number of ether oxygens (including phenoxy) is 1. The third-order valence-corrected chi connectivity index (χ3v) is 4.16. The van der Waals surface area contributed by atoms with Gasteiger partial charge in [-0.05, 0) is 67.4 Å².